The van der Waals surface area contributed by atoms with E-state index in [-0.39, 0.29) is 29.5 Å². The normalized spacial score (nSPS) is 15.6. The lowest BCUT2D eigenvalue weighted by atomic mass is 9.96. The Hall–Kier alpha value is -2.24. The highest BCUT2D eigenvalue weighted by Crippen LogP contribution is 2.27. The molecule has 0 aliphatic carbocycles. The average Bonchev–Trinajstić information content (AvgIpc) is 2.61. The van der Waals surface area contributed by atoms with Crippen molar-refractivity contribution in [2.45, 2.75) is 24.2 Å². The third-order valence-electron chi connectivity index (χ3n) is 4.61. The number of nitrogens with zero attached hydrogens (tertiary/aromatic N) is 2. The number of primary sulfonamides is 1. The van der Waals surface area contributed by atoms with E-state index in [0.717, 1.165) is 25.5 Å². The van der Waals surface area contributed by atoms with Crippen LogP contribution < -0.4 is 15.8 Å². The molecule has 0 spiro atoms. The van der Waals surface area contributed by atoms with E-state index in [0.29, 0.717) is 19.0 Å². The molecule has 4 N–H and O–H groups in total. The molecular formula is C16H25N5O5S. The van der Waals surface area contributed by atoms with E-state index in [1.807, 2.05) is 11.9 Å². The molecule has 1 saturated heterocycles. The SMILES string of the molecule is CNCC1CCN(C(=O)CCNc2ccc(S(N)(=O)=O)cc2[N+](=O)[O-])CC1. The van der Waals surface area contributed by atoms with Crippen LogP contribution in [0.15, 0.2) is 23.1 Å². The molecule has 27 heavy (non-hydrogen) atoms. The van der Waals surface area contributed by atoms with Gasteiger partial charge in [-0.2, -0.15) is 0 Å². The molecule has 11 heteroatoms. The van der Waals surface area contributed by atoms with Gasteiger partial charge in [0.1, 0.15) is 5.69 Å². The Bertz CT molecular complexity index is 790. The molecule has 1 fully saturated rings. The Labute approximate surface area is 158 Å². The van der Waals surface area contributed by atoms with Crippen molar-refractivity contribution < 1.29 is 18.1 Å². The minimum Gasteiger partial charge on any atom is -0.379 e. The number of nitro benzene ring substituents is 1. The van der Waals surface area contributed by atoms with Crippen molar-refractivity contribution in [3.05, 3.63) is 28.3 Å². The zero-order valence-electron chi connectivity index (χ0n) is 15.2. The summed E-state index contributed by atoms with van der Waals surface area (Å²) < 4.78 is 22.7. The summed E-state index contributed by atoms with van der Waals surface area (Å²) in [5.74, 6) is 0.575. The molecule has 0 unspecified atom stereocenters. The maximum atomic E-state index is 12.3. The number of hydrogen-bond donors (Lipinski definition) is 3. The molecule has 1 aromatic carbocycles. The number of rotatable bonds is 8. The Balaban J connectivity index is 1.91. The summed E-state index contributed by atoms with van der Waals surface area (Å²) in [7, 11) is -2.12. The number of hydrogen-bond acceptors (Lipinski definition) is 7. The number of benzene rings is 1. The van der Waals surface area contributed by atoms with Gasteiger partial charge in [0.05, 0.1) is 9.82 Å². The van der Waals surface area contributed by atoms with Crippen LogP contribution in [0.3, 0.4) is 0 Å². The van der Waals surface area contributed by atoms with Gasteiger partial charge in [0.15, 0.2) is 0 Å². The van der Waals surface area contributed by atoms with E-state index < -0.39 is 20.6 Å². The van der Waals surface area contributed by atoms with Gasteiger partial charge < -0.3 is 15.5 Å². The Morgan fingerprint density at radius 2 is 2.04 bits per heavy atom. The molecule has 0 radical (unpaired) electrons. The first-order valence-corrected chi connectivity index (χ1v) is 10.2. The number of anilines is 1. The van der Waals surface area contributed by atoms with Crippen LogP contribution in [-0.4, -0.2) is 57.4 Å². The predicted molar refractivity (Wildman–Crippen MR) is 101 cm³/mol. The largest absolute Gasteiger partial charge is 0.379 e. The van der Waals surface area contributed by atoms with Gasteiger partial charge in [0, 0.05) is 32.1 Å². The summed E-state index contributed by atoms with van der Waals surface area (Å²) in [5, 5.41) is 22.2. The van der Waals surface area contributed by atoms with Gasteiger partial charge in [-0.1, -0.05) is 0 Å². The Morgan fingerprint density at radius 3 is 2.59 bits per heavy atom. The molecule has 1 aliphatic heterocycles. The summed E-state index contributed by atoms with van der Waals surface area (Å²) in [6.07, 6.45) is 2.12. The summed E-state index contributed by atoms with van der Waals surface area (Å²) >= 11 is 0. The number of piperidine rings is 1. The summed E-state index contributed by atoms with van der Waals surface area (Å²) in [4.78, 5) is 24.3. The Kier molecular flexibility index (Phi) is 7.11. The molecule has 1 aromatic rings. The highest BCUT2D eigenvalue weighted by molar-refractivity contribution is 7.89. The molecule has 1 aliphatic rings. The van der Waals surface area contributed by atoms with Crippen molar-refractivity contribution in [3.8, 4) is 0 Å². The van der Waals surface area contributed by atoms with Gasteiger partial charge in [0.25, 0.3) is 5.69 Å². The number of carbonyl (C=O) groups is 1. The van der Waals surface area contributed by atoms with Crippen molar-refractivity contribution in [1.29, 1.82) is 0 Å². The second-order valence-corrected chi connectivity index (χ2v) is 8.10. The topological polar surface area (TPSA) is 148 Å². The van der Waals surface area contributed by atoms with E-state index in [9.17, 15) is 23.3 Å². The monoisotopic (exact) mass is 399 g/mol. The lowest BCUT2D eigenvalue weighted by Crippen LogP contribution is -2.40. The molecule has 1 amide bonds. The van der Waals surface area contributed by atoms with Crippen molar-refractivity contribution in [2.75, 3.05) is 38.5 Å². The van der Waals surface area contributed by atoms with Crippen LogP contribution in [0.1, 0.15) is 19.3 Å². The lowest BCUT2D eigenvalue weighted by Gasteiger charge is -2.32. The van der Waals surface area contributed by atoms with Crippen LogP contribution in [0.2, 0.25) is 0 Å². The molecule has 150 valence electrons. The van der Waals surface area contributed by atoms with Crippen molar-refractivity contribution in [2.24, 2.45) is 11.1 Å². The first kappa shape index (κ1) is 21.1. The fourth-order valence-electron chi connectivity index (χ4n) is 3.13. The highest BCUT2D eigenvalue weighted by atomic mass is 32.2. The van der Waals surface area contributed by atoms with Gasteiger partial charge in [-0.25, -0.2) is 13.6 Å². The first-order valence-electron chi connectivity index (χ1n) is 8.70. The molecule has 2 rings (SSSR count). The van der Waals surface area contributed by atoms with Crippen LogP contribution in [0.25, 0.3) is 0 Å². The van der Waals surface area contributed by atoms with Crippen LogP contribution >= 0.6 is 0 Å². The average molecular weight is 399 g/mol. The molecule has 1 heterocycles. The number of likely N-dealkylation sites (tertiary alicyclic amines) is 1. The van der Waals surface area contributed by atoms with Gasteiger partial charge in [-0.15, -0.1) is 0 Å². The first-order chi connectivity index (χ1) is 12.7. The van der Waals surface area contributed by atoms with E-state index in [4.69, 9.17) is 5.14 Å². The van der Waals surface area contributed by atoms with Crippen LogP contribution in [-0.2, 0) is 14.8 Å². The molecule has 0 saturated carbocycles. The fraction of sp³-hybridized carbons (Fsp3) is 0.562. The van der Waals surface area contributed by atoms with Gasteiger partial charge in [-0.3, -0.25) is 14.9 Å². The molecule has 0 aromatic heterocycles. The van der Waals surface area contributed by atoms with Crippen LogP contribution in [0.4, 0.5) is 11.4 Å². The van der Waals surface area contributed by atoms with E-state index >= 15 is 0 Å². The third kappa shape index (κ3) is 5.88. The van der Waals surface area contributed by atoms with Crippen molar-refractivity contribution in [1.82, 2.24) is 10.2 Å². The number of amides is 1. The molecular weight excluding hydrogens is 374 g/mol. The van der Waals surface area contributed by atoms with Crippen molar-refractivity contribution in [3.63, 3.8) is 0 Å². The number of nitrogens with one attached hydrogen (secondary N) is 2. The molecule has 0 atom stereocenters. The zero-order valence-corrected chi connectivity index (χ0v) is 16.0. The van der Waals surface area contributed by atoms with Crippen LogP contribution in [0, 0.1) is 16.0 Å². The second kappa shape index (κ2) is 9.11. The highest BCUT2D eigenvalue weighted by Gasteiger charge is 2.23. The van der Waals surface area contributed by atoms with Gasteiger partial charge >= 0.3 is 0 Å². The maximum absolute atomic E-state index is 12.3. The van der Waals surface area contributed by atoms with E-state index in [1.165, 1.54) is 12.1 Å². The maximum Gasteiger partial charge on any atom is 0.293 e. The van der Waals surface area contributed by atoms with Crippen LogP contribution in [0.5, 0.6) is 0 Å². The summed E-state index contributed by atoms with van der Waals surface area (Å²) in [5.41, 5.74) is -0.255. The number of nitro groups is 1. The Morgan fingerprint density at radius 1 is 1.37 bits per heavy atom. The summed E-state index contributed by atoms with van der Waals surface area (Å²) in [6.45, 7) is 2.59. The molecule has 0 bridgehead atoms. The third-order valence-corrected chi connectivity index (χ3v) is 5.52. The minimum atomic E-state index is -4.03. The van der Waals surface area contributed by atoms with Gasteiger partial charge in [-0.05, 0) is 44.5 Å². The number of carbonyl (C=O) groups excluding carboxylic acids is 1. The zero-order chi connectivity index (χ0) is 20.0. The van der Waals surface area contributed by atoms with Crippen molar-refractivity contribution >= 4 is 27.3 Å². The number of nitrogens with two attached hydrogens (primary N) is 1. The lowest BCUT2D eigenvalue weighted by molar-refractivity contribution is -0.384. The van der Waals surface area contributed by atoms with E-state index in [1.54, 1.807) is 0 Å². The van der Waals surface area contributed by atoms with E-state index in [2.05, 4.69) is 10.6 Å². The minimum absolute atomic E-state index is 0.00535. The standard InChI is InChI=1S/C16H25N5O5S/c1-18-11-12-5-8-20(9-6-12)16(22)4-7-19-14-3-2-13(27(17,25)26)10-15(14)21(23)24/h2-3,10,12,18-19H,4-9,11H2,1H3,(H2,17,25,26). The van der Waals surface area contributed by atoms with Gasteiger partial charge in [0.2, 0.25) is 15.9 Å². The summed E-state index contributed by atoms with van der Waals surface area (Å²) in [6, 6.07) is 3.39. The number of sulfonamides is 1. The smallest absolute Gasteiger partial charge is 0.293 e. The quantitative estimate of drug-likeness (QED) is 0.426. The second-order valence-electron chi connectivity index (χ2n) is 6.54. The molecule has 10 nitrogen and oxygen atoms in total. The predicted octanol–water partition coefficient (Wildman–Crippen LogP) is 0.502. The fourth-order valence-corrected chi connectivity index (χ4v) is 3.66.